The largest absolute Gasteiger partial charge is 0.378 e. The van der Waals surface area contributed by atoms with Gasteiger partial charge in [-0.3, -0.25) is 9.48 Å². The number of carbonyl (C=O) groups excluding carboxylic acids is 1. The number of rotatable bonds is 2. The smallest absolute Gasteiger partial charge is 0.163 e. The Hall–Kier alpha value is -1.20. The Bertz CT molecular complexity index is 529. The van der Waals surface area contributed by atoms with E-state index in [1.54, 1.807) is 6.92 Å². The third-order valence-corrected chi connectivity index (χ3v) is 4.56. The number of aryl methyl sites for hydroxylation is 1. The van der Waals surface area contributed by atoms with Gasteiger partial charge < -0.3 is 9.47 Å². The number of ether oxygens (including phenoxy) is 2. The monoisotopic (exact) mass is 278 g/mol. The van der Waals surface area contributed by atoms with Gasteiger partial charge in [-0.2, -0.15) is 5.10 Å². The maximum absolute atomic E-state index is 11.7. The molecule has 1 spiro atoms. The summed E-state index contributed by atoms with van der Waals surface area (Å²) < 4.78 is 13.5. The van der Waals surface area contributed by atoms with Crippen LogP contribution in [0.2, 0.25) is 0 Å². The van der Waals surface area contributed by atoms with E-state index in [0.29, 0.717) is 12.6 Å². The zero-order chi connectivity index (χ0) is 14.3. The van der Waals surface area contributed by atoms with Crippen LogP contribution in [0.4, 0.5) is 0 Å². The van der Waals surface area contributed by atoms with Crippen molar-refractivity contribution in [2.24, 2.45) is 0 Å². The second-order valence-corrected chi connectivity index (χ2v) is 6.03. The van der Waals surface area contributed by atoms with Gasteiger partial charge in [0.2, 0.25) is 0 Å². The minimum atomic E-state index is -0.133. The van der Waals surface area contributed by atoms with Gasteiger partial charge in [0.05, 0.1) is 29.5 Å². The van der Waals surface area contributed by atoms with Crippen molar-refractivity contribution in [1.82, 2.24) is 9.78 Å². The van der Waals surface area contributed by atoms with E-state index in [2.05, 4.69) is 5.10 Å². The Morgan fingerprint density at radius 1 is 1.40 bits per heavy atom. The molecule has 5 nitrogen and oxygen atoms in total. The molecule has 2 unspecified atom stereocenters. The van der Waals surface area contributed by atoms with Crippen LogP contribution in [0.1, 0.15) is 54.0 Å². The summed E-state index contributed by atoms with van der Waals surface area (Å²) in [6.45, 7) is 7.71. The van der Waals surface area contributed by atoms with Gasteiger partial charge in [0, 0.05) is 31.7 Å². The Labute approximate surface area is 119 Å². The molecule has 1 aromatic heterocycles. The standard InChI is InChI=1S/C15H22N2O3/c1-10-14(12(3)18)11(2)17(16-10)13-4-6-20-15(8-13)5-7-19-9-15/h13H,4-9H2,1-3H3. The van der Waals surface area contributed by atoms with Crippen molar-refractivity contribution in [3.8, 4) is 0 Å². The van der Waals surface area contributed by atoms with Gasteiger partial charge in [0.15, 0.2) is 5.78 Å². The van der Waals surface area contributed by atoms with Crippen LogP contribution in [-0.4, -0.2) is 41.0 Å². The highest BCUT2D eigenvalue weighted by Gasteiger charge is 2.42. The molecule has 0 saturated carbocycles. The predicted molar refractivity (Wildman–Crippen MR) is 74.1 cm³/mol. The van der Waals surface area contributed by atoms with Gasteiger partial charge in [-0.1, -0.05) is 0 Å². The van der Waals surface area contributed by atoms with E-state index in [9.17, 15) is 4.79 Å². The lowest BCUT2D eigenvalue weighted by molar-refractivity contribution is -0.0964. The molecule has 2 aliphatic heterocycles. The summed E-state index contributed by atoms with van der Waals surface area (Å²) in [5, 5.41) is 4.61. The van der Waals surface area contributed by atoms with E-state index in [0.717, 1.165) is 49.4 Å². The molecule has 0 amide bonds. The molecule has 0 bridgehead atoms. The normalized spacial score (nSPS) is 30.1. The lowest BCUT2D eigenvalue weighted by Crippen LogP contribution is -2.41. The van der Waals surface area contributed by atoms with Crippen LogP contribution in [0.3, 0.4) is 0 Å². The number of hydrogen-bond acceptors (Lipinski definition) is 4. The maximum atomic E-state index is 11.7. The van der Waals surface area contributed by atoms with Crippen LogP contribution >= 0.6 is 0 Å². The van der Waals surface area contributed by atoms with E-state index in [4.69, 9.17) is 9.47 Å². The van der Waals surface area contributed by atoms with Crippen molar-refractivity contribution in [2.75, 3.05) is 19.8 Å². The number of Topliss-reactive ketones (excluding diaryl/α,β-unsaturated/α-hetero) is 1. The van der Waals surface area contributed by atoms with Crippen molar-refractivity contribution in [2.45, 2.75) is 51.7 Å². The third-order valence-electron chi connectivity index (χ3n) is 4.56. The zero-order valence-corrected chi connectivity index (χ0v) is 12.4. The van der Waals surface area contributed by atoms with Gasteiger partial charge in [-0.05, 0) is 27.2 Å². The average molecular weight is 278 g/mol. The molecular formula is C15H22N2O3. The molecule has 20 heavy (non-hydrogen) atoms. The minimum absolute atomic E-state index is 0.0947. The highest BCUT2D eigenvalue weighted by atomic mass is 16.6. The van der Waals surface area contributed by atoms with E-state index >= 15 is 0 Å². The SMILES string of the molecule is CC(=O)c1c(C)nn(C2CCOC3(CCOC3)C2)c1C. The van der Waals surface area contributed by atoms with Crippen LogP contribution < -0.4 is 0 Å². The molecule has 0 aliphatic carbocycles. The first-order valence-corrected chi connectivity index (χ1v) is 7.31. The minimum Gasteiger partial charge on any atom is -0.378 e. The van der Waals surface area contributed by atoms with Crippen LogP contribution in [0, 0.1) is 13.8 Å². The fourth-order valence-electron chi connectivity index (χ4n) is 3.60. The first-order valence-electron chi connectivity index (χ1n) is 7.31. The average Bonchev–Trinajstić information content (AvgIpc) is 2.95. The maximum Gasteiger partial charge on any atom is 0.163 e. The molecule has 2 saturated heterocycles. The number of ketones is 1. The Kier molecular flexibility index (Phi) is 3.42. The molecule has 2 fully saturated rings. The molecular weight excluding hydrogens is 256 g/mol. The van der Waals surface area contributed by atoms with Crippen molar-refractivity contribution in [3.05, 3.63) is 17.0 Å². The third kappa shape index (κ3) is 2.19. The molecule has 0 N–H and O–H groups in total. The van der Waals surface area contributed by atoms with Crippen molar-refractivity contribution < 1.29 is 14.3 Å². The molecule has 110 valence electrons. The Balaban J connectivity index is 1.89. The van der Waals surface area contributed by atoms with Crippen LogP contribution in [-0.2, 0) is 9.47 Å². The first-order chi connectivity index (χ1) is 9.52. The molecule has 1 aromatic rings. The van der Waals surface area contributed by atoms with Crippen molar-refractivity contribution in [3.63, 3.8) is 0 Å². The summed E-state index contributed by atoms with van der Waals surface area (Å²) in [5.74, 6) is 0.0947. The molecule has 3 rings (SSSR count). The Morgan fingerprint density at radius 3 is 2.80 bits per heavy atom. The van der Waals surface area contributed by atoms with Crippen molar-refractivity contribution >= 4 is 5.78 Å². The van der Waals surface area contributed by atoms with E-state index in [1.807, 2.05) is 18.5 Å². The van der Waals surface area contributed by atoms with Gasteiger partial charge in [0.1, 0.15) is 0 Å². The summed E-state index contributed by atoms with van der Waals surface area (Å²) in [4.78, 5) is 11.7. The van der Waals surface area contributed by atoms with Gasteiger partial charge in [0.25, 0.3) is 0 Å². The number of carbonyl (C=O) groups is 1. The summed E-state index contributed by atoms with van der Waals surface area (Å²) in [5.41, 5.74) is 2.45. The van der Waals surface area contributed by atoms with Crippen molar-refractivity contribution in [1.29, 1.82) is 0 Å². The van der Waals surface area contributed by atoms with Crippen LogP contribution in [0.15, 0.2) is 0 Å². The molecule has 0 aromatic carbocycles. The zero-order valence-electron chi connectivity index (χ0n) is 12.4. The molecule has 0 radical (unpaired) electrons. The number of hydrogen-bond donors (Lipinski definition) is 0. The molecule has 2 atom stereocenters. The summed E-state index contributed by atoms with van der Waals surface area (Å²) in [7, 11) is 0. The second kappa shape index (κ2) is 4.97. The lowest BCUT2D eigenvalue weighted by Gasteiger charge is -2.37. The second-order valence-electron chi connectivity index (χ2n) is 6.03. The van der Waals surface area contributed by atoms with E-state index in [-0.39, 0.29) is 11.4 Å². The highest BCUT2D eigenvalue weighted by molar-refractivity contribution is 5.96. The van der Waals surface area contributed by atoms with Gasteiger partial charge in [-0.25, -0.2) is 0 Å². The number of aromatic nitrogens is 2. The Morgan fingerprint density at radius 2 is 2.20 bits per heavy atom. The topological polar surface area (TPSA) is 53.4 Å². The summed E-state index contributed by atoms with van der Waals surface area (Å²) >= 11 is 0. The lowest BCUT2D eigenvalue weighted by atomic mass is 9.89. The predicted octanol–water partition coefficient (Wildman–Crippen LogP) is 2.21. The first kappa shape index (κ1) is 13.8. The summed E-state index contributed by atoms with van der Waals surface area (Å²) in [6.07, 6.45) is 2.83. The number of nitrogens with zero attached hydrogens (tertiary/aromatic N) is 2. The fraction of sp³-hybridized carbons (Fsp3) is 0.733. The van der Waals surface area contributed by atoms with E-state index in [1.165, 1.54) is 0 Å². The van der Waals surface area contributed by atoms with Gasteiger partial charge in [-0.15, -0.1) is 0 Å². The quantitative estimate of drug-likeness (QED) is 0.778. The van der Waals surface area contributed by atoms with Gasteiger partial charge >= 0.3 is 0 Å². The molecule has 2 aliphatic rings. The molecule has 3 heterocycles. The van der Waals surface area contributed by atoms with E-state index < -0.39 is 0 Å². The summed E-state index contributed by atoms with van der Waals surface area (Å²) in [6, 6.07) is 0.303. The van der Waals surface area contributed by atoms with Crippen LogP contribution in [0.25, 0.3) is 0 Å². The highest BCUT2D eigenvalue weighted by Crippen LogP contribution is 2.38. The molecule has 5 heteroatoms. The van der Waals surface area contributed by atoms with Crippen LogP contribution in [0.5, 0.6) is 0 Å². The fourth-order valence-corrected chi connectivity index (χ4v) is 3.60.